The van der Waals surface area contributed by atoms with E-state index in [1.165, 1.54) is 0 Å². The second-order valence-corrected chi connectivity index (χ2v) is 12.0. The summed E-state index contributed by atoms with van der Waals surface area (Å²) < 4.78 is 0. The van der Waals surface area contributed by atoms with Crippen LogP contribution in [0.15, 0.2) is 0 Å². The van der Waals surface area contributed by atoms with Crippen molar-refractivity contribution < 1.29 is 9.59 Å². The number of amides is 2. The maximum atomic E-state index is 11.6. The number of hydrogen-bond donors (Lipinski definition) is 2. The molecular weight excluding hydrogens is 268 g/mol. The summed E-state index contributed by atoms with van der Waals surface area (Å²) in [6, 6.07) is -0.706. The topological polar surface area (TPSA) is 72.2 Å². The van der Waals surface area contributed by atoms with Crippen molar-refractivity contribution in [3.05, 3.63) is 0 Å². The van der Waals surface area contributed by atoms with Gasteiger partial charge in [0.15, 0.2) is 0 Å². The van der Waals surface area contributed by atoms with Crippen LogP contribution >= 0.6 is 0 Å². The zero-order valence-electron chi connectivity index (χ0n) is 13.8. The minimum absolute atomic E-state index is 0.170. The zero-order valence-corrected chi connectivity index (χ0v) is 14.8. The van der Waals surface area contributed by atoms with Gasteiger partial charge in [-0.2, -0.15) is 0 Å². The third kappa shape index (κ3) is 5.79. The van der Waals surface area contributed by atoms with Gasteiger partial charge in [0.1, 0.15) is 14.1 Å². The molecule has 0 aliphatic rings. The van der Waals surface area contributed by atoms with Crippen LogP contribution in [0.4, 0.5) is 0 Å². The average Bonchev–Trinajstić information content (AvgIpc) is 2.25. The highest BCUT2D eigenvalue weighted by Crippen LogP contribution is 2.35. The molecule has 0 bridgehead atoms. The summed E-state index contributed by atoms with van der Waals surface area (Å²) in [4.78, 5) is 23.0. The van der Waals surface area contributed by atoms with Gasteiger partial charge in [0.25, 0.3) is 0 Å². The minimum atomic E-state index is -1.69. The van der Waals surface area contributed by atoms with E-state index in [2.05, 4.69) is 50.6 Å². The molecule has 0 radical (unpaired) electrons. The molecule has 0 aromatic carbocycles. The van der Waals surface area contributed by atoms with E-state index in [0.717, 1.165) is 0 Å². The summed E-state index contributed by atoms with van der Waals surface area (Å²) in [6.45, 7) is 14.5. The summed E-state index contributed by atoms with van der Waals surface area (Å²) in [7, 11) is -1.69. The van der Waals surface area contributed by atoms with Crippen LogP contribution in [0.2, 0.25) is 18.1 Å². The Morgan fingerprint density at radius 1 is 1.25 bits per heavy atom. The Balaban J connectivity index is 4.83. The molecule has 20 heavy (non-hydrogen) atoms. The molecule has 4 nitrogen and oxygen atoms in total. The molecular formula is C15H28N2O2Si. The molecule has 0 saturated heterocycles. The first kappa shape index (κ1) is 18.7. The predicted molar refractivity (Wildman–Crippen MR) is 85.6 cm³/mol. The van der Waals surface area contributed by atoms with Crippen LogP contribution in [0.25, 0.3) is 0 Å². The third-order valence-corrected chi connectivity index (χ3v) is 8.32. The fourth-order valence-corrected chi connectivity index (χ4v) is 2.04. The van der Waals surface area contributed by atoms with Crippen LogP contribution in [0.1, 0.15) is 41.0 Å². The van der Waals surface area contributed by atoms with Crippen molar-refractivity contribution in [2.24, 2.45) is 11.7 Å². The highest BCUT2D eigenvalue weighted by Gasteiger charge is 2.33. The van der Waals surface area contributed by atoms with Crippen LogP contribution in [-0.4, -0.2) is 25.9 Å². The van der Waals surface area contributed by atoms with E-state index < -0.39 is 20.0 Å². The molecule has 0 aliphatic heterocycles. The highest BCUT2D eigenvalue weighted by atomic mass is 28.3. The zero-order chi connectivity index (χ0) is 16.1. The number of carbonyl (C=O) groups is 2. The molecule has 0 aliphatic carbocycles. The van der Waals surface area contributed by atoms with Gasteiger partial charge in [-0.25, -0.2) is 0 Å². The first-order chi connectivity index (χ1) is 8.88. The lowest BCUT2D eigenvalue weighted by Crippen LogP contribution is -2.45. The summed E-state index contributed by atoms with van der Waals surface area (Å²) in [5.74, 6) is 2.16. The summed E-state index contributed by atoms with van der Waals surface area (Å²) in [6.07, 6.45) is 0.278. The number of nitrogens with one attached hydrogen (secondary N) is 1. The first-order valence-corrected chi connectivity index (χ1v) is 9.98. The van der Waals surface area contributed by atoms with Gasteiger partial charge in [-0.3, -0.25) is 9.59 Å². The van der Waals surface area contributed by atoms with E-state index in [-0.39, 0.29) is 23.3 Å². The summed E-state index contributed by atoms with van der Waals surface area (Å²) >= 11 is 0. The molecule has 0 aromatic heterocycles. The Bertz CT molecular complexity index is 425. The number of primary amides is 1. The maximum Gasteiger partial charge on any atom is 0.240 e. The molecule has 0 aromatic rings. The van der Waals surface area contributed by atoms with E-state index in [1.807, 2.05) is 0 Å². The second-order valence-electron chi connectivity index (χ2n) is 7.00. The lowest BCUT2D eigenvalue weighted by atomic mass is 10.1. The van der Waals surface area contributed by atoms with E-state index in [4.69, 9.17) is 5.73 Å². The van der Waals surface area contributed by atoms with E-state index in [0.29, 0.717) is 0 Å². The molecule has 1 atom stereocenters. The van der Waals surface area contributed by atoms with Crippen molar-refractivity contribution in [3.63, 3.8) is 0 Å². The number of nitrogens with two attached hydrogens (primary N) is 1. The average molecular weight is 296 g/mol. The molecule has 0 unspecified atom stereocenters. The van der Waals surface area contributed by atoms with Crippen molar-refractivity contribution in [3.8, 4) is 11.5 Å². The number of hydrogen-bond acceptors (Lipinski definition) is 2. The Hall–Kier alpha value is -1.28. The summed E-state index contributed by atoms with van der Waals surface area (Å²) in [5.41, 5.74) is 8.63. The monoisotopic (exact) mass is 296 g/mol. The van der Waals surface area contributed by atoms with Gasteiger partial charge >= 0.3 is 0 Å². The summed E-state index contributed by atoms with van der Waals surface area (Å²) in [5, 5.41) is 2.81. The van der Waals surface area contributed by atoms with E-state index in [1.54, 1.807) is 13.8 Å². The van der Waals surface area contributed by atoms with Crippen LogP contribution in [0.3, 0.4) is 0 Å². The lowest BCUT2D eigenvalue weighted by Gasteiger charge is -2.31. The Kier molecular flexibility index (Phi) is 6.49. The standard InChI is InChI=1S/C15H28N2O2Si/c1-11(2)14(19)17-12(13(16)18)9-8-10-20(6,7)15(3,4)5/h11-12H,9H2,1-7H3,(H2,16,18)(H,17,19)/t12-/m0/s1. The highest BCUT2D eigenvalue weighted by molar-refractivity contribution is 6.87. The van der Waals surface area contributed by atoms with Crippen LogP contribution in [-0.2, 0) is 9.59 Å². The van der Waals surface area contributed by atoms with Gasteiger partial charge in [-0.1, -0.05) is 47.7 Å². The molecule has 0 heterocycles. The molecule has 5 heteroatoms. The molecule has 0 saturated carbocycles. The van der Waals surface area contributed by atoms with Crippen molar-refractivity contribution >= 4 is 19.9 Å². The fourth-order valence-electron chi connectivity index (χ4n) is 1.12. The first-order valence-electron chi connectivity index (χ1n) is 6.98. The molecule has 114 valence electrons. The quantitative estimate of drug-likeness (QED) is 0.615. The fraction of sp³-hybridized carbons (Fsp3) is 0.733. The second kappa shape index (κ2) is 6.94. The van der Waals surface area contributed by atoms with Crippen LogP contribution in [0.5, 0.6) is 0 Å². The van der Waals surface area contributed by atoms with Gasteiger partial charge < -0.3 is 11.1 Å². The normalized spacial score (nSPS) is 13.4. The van der Waals surface area contributed by atoms with Gasteiger partial charge in [0.2, 0.25) is 11.8 Å². The molecule has 0 fully saturated rings. The van der Waals surface area contributed by atoms with E-state index >= 15 is 0 Å². The smallest absolute Gasteiger partial charge is 0.240 e. The molecule has 3 N–H and O–H groups in total. The predicted octanol–water partition coefficient (Wildman–Crippen LogP) is 2.05. The SMILES string of the molecule is CC(C)C(=O)N[C@@H](CC#C[Si](C)(C)C(C)(C)C)C(N)=O. The minimum Gasteiger partial charge on any atom is -0.368 e. The number of carbonyl (C=O) groups excluding carboxylic acids is 2. The molecule has 2 amide bonds. The van der Waals surface area contributed by atoms with Crippen LogP contribution in [0, 0.1) is 17.4 Å². The molecule has 0 spiro atoms. The van der Waals surface area contributed by atoms with Gasteiger partial charge in [-0.05, 0) is 5.04 Å². The molecule has 0 rings (SSSR count). The van der Waals surface area contributed by atoms with Crippen LogP contribution < -0.4 is 11.1 Å². The van der Waals surface area contributed by atoms with Crippen molar-refractivity contribution in [1.82, 2.24) is 5.32 Å². The maximum absolute atomic E-state index is 11.6. The lowest BCUT2D eigenvalue weighted by molar-refractivity contribution is -0.129. The Morgan fingerprint density at radius 3 is 2.10 bits per heavy atom. The largest absolute Gasteiger partial charge is 0.368 e. The third-order valence-electron chi connectivity index (χ3n) is 3.77. The number of rotatable bonds is 4. The van der Waals surface area contributed by atoms with Crippen molar-refractivity contribution in [1.29, 1.82) is 0 Å². The van der Waals surface area contributed by atoms with Crippen molar-refractivity contribution in [2.45, 2.75) is 65.2 Å². The van der Waals surface area contributed by atoms with Gasteiger partial charge in [0.05, 0.1) is 0 Å². The Morgan fingerprint density at radius 2 is 1.75 bits per heavy atom. The van der Waals surface area contributed by atoms with Gasteiger partial charge in [0, 0.05) is 12.3 Å². The van der Waals surface area contributed by atoms with Gasteiger partial charge in [-0.15, -0.1) is 11.5 Å². The Labute approximate surface area is 123 Å². The van der Waals surface area contributed by atoms with Crippen molar-refractivity contribution in [2.75, 3.05) is 0 Å². The van der Waals surface area contributed by atoms with E-state index in [9.17, 15) is 9.59 Å².